The van der Waals surface area contributed by atoms with E-state index in [9.17, 15) is 14.4 Å². The number of hydrogen-bond acceptors (Lipinski definition) is 5. The zero-order valence-electron chi connectivity index (χ0n) is 18.9. The highest BCUT2D eigenvalue weighted by Crippen LogP contribution is 2.68. The van der Waals surface area contributed by atoms with Crippen molar-refractivity contribution in [1.29, 1.82) is 0 Å². The molecule has 0 radical (unpaired) electrons. The summed E-state index contributed by atoms with van der Waals surface area (Å²) in [6, 6.07) is 16.1. The van der Waals surface area contributed by atoms with Crippen LogP contribution < -0.4 is 9.77 Å². The van der Waals surface area contributed by atoms with Crippen LogP contribution >= 0.6 is 23.1 Å². The fourth-order valence-corrected chi connectivity index (χ4v) is 10.1. The highest BCUT2D eigenvalue weighted by atomic mass is 32.2. The number of aryl methyl sites for hydroxylation is 2. The molecular weight excluding hydrogens is 464 g/mol. The molecule has 2 aromatic carbocycles. The van der Waals surface area contributed by atoms with Gasteiger partial charge in [0.1, 0.15) is 0 Å². The highest BCUT2D eigenvalue weighted by molar-refractivity contribution is 8.00. The van der Waals surface area contributed by atoms with Crippen LogP contribution in [0.25, 0.3) is 0 Å². The van der Waals surface area contributed by atoms with Gasteiger partial charge in [-0.25, -0.2) is 0 Å². The largest absolute Gasteiger partial charge is 0.307 e. The Balaban J connectivity index is 1.34. The molecule has 4 aliphatic rings. The number of thioether (sulfide) groups is 1. The van der Waals surface area contributed by atoms with E-state index in [0.29, 0.717) is 5.69 Å². The number of imide groups is 1. The maximum absolute atomic E-state index is 13.8. The van der Waals surface area contributed by atoms with E-state index >= 15 is 0 Å². The quantitative estimate of drug-likeness (QED) is 0.530. The summed E-state index contributed by atoms with van der Waals surface area (Å²) in [5, 5.41) is 1.18. The van der Waals surface area contributed by atoms with Gasteiger partial charge in [0, 0.05) is 16.0 Å². The summed E-state index contributed by atoms with van der Waals surface area (Å²) >= 11 is 3.05. The zero-order chi connectivity index (χ0) is 23.3. The number of benzene rings is 2. The van der Waals surface area contributed by atoms with E-state index in [1.54, 1.807) is 11.8 Å². The number of thiazole rings is 1. The molecule has 2 aliphatic carbocycles. The Morgan fingerprint density at radius 2 is 1.62 bits per heavy atom. The molecule has 172 valence electrons. The lowest BCUT2D eigenvalue weighted by molar-refractivity contribution is -0.123. The number of H-pyrrole nitrogens is 1. The van der Waals surface area contributed by atoms with Crippen LogP contribution in [0.5, 0.6) is 0 Å². The number of nitrogens with zero attached hydrogens (tertiary/aromatic N) is 1. The minimum atomic E-state index is -0.260. The second-order valence-corrected chi connectivity index (χ2v) is 12.4. The number of fused-ring (bicyclic) bond motifs is 9. The van der Waals surface area contributed by atoms with Crippen molar-refractivity contribution in [1.82, 2.24) is 4.98 Å². The Bertz CT molecular complexity index is 1410. The first-order chi connectivity index (χ1) is 16.4. The van der Waals surface area contributed by atoms with Gasteiger partial charge in [0.25, 0.3) is 0 Å². The Morgan fingerprint density at radius 1 is 0.912 bits per heavy atom. The number of rotatable bonds is 2. The number of aromatic nitrogens is 1. The molecule has 7 atom stereocenters. The molecule has 2 aliphatic heterocycles. The Hall–Kier alpha value is -2.64. The molecule has 2 bridgehead atoms. The molecule has 2 saturated carbocycles. The number of amides is 2. The molecule has 0 unspecified atom stereocenters. The smallest absolute Gasteiger partial charge is 0.305 e. The number of hydrogen-bond donors (Lipinski definition) is 1. The van der Waals surface area contributed by atoms with Crippen molar-refractivity contribution >= 4 is 40.6 Å². The number of anilines is 1. The maximum atomic E-state index is 13.8. The monoisotopic (exact) mass is 488 g/mol. The number of aromatic amines is 1. The van der Waals surface area contributed by atoms with Crippen molar-refractivity contribution in [2.45, 2.75) is 36.5 Å². The van der Waals surface area contributed by atoms with Crippen molar-refractivity contribution in [3.05, 3.63) is 79.8 Å². The third-order valence-corrected chi connectivity index (χ3v) is 11.1. The number of carbonyl (C=O) groups excluding carboxylic acids is 2. The topological polar surface area (TPSA) is 70.2 Å². The summed E-state index contributed by atoms with van der Waals surface area (Å²) < 4.78 is 0. The molecule has 34 heavy (non-hydrogen) atoms. The zero-order valence-corrected chi connectivity index (χ0v) is 20.5. The molecular formula is C27H24N2O3S2. The van der Waals surface area contributed by atoms with Gasteiger partial charge in [-0.2, -0.15) is 0 Å². The van der Waals surface area contributed by atoms with E-state index in [-0.39, 0.29) is 57.4 Å². The molecule has 0 spiro atoms. The first kappa shape index (κ1) is 20.7. The molecule has 2 amide bonds. The minimum absolute atomic E-state index is 0.0266. The van der Waals surface area contributed by atoms with Gasteiger partial charge in [0.15, 0.2) is 0 Å². The van der Waals surface area contributed by atoms with E-state index in [4.69, 9.17) is 0 Å². The third-order valence-electron chi connectivity index (χ3n) is 8.54. The minimum Gasteiger partial charge on any atom is -0.307 e. The number of carbonyl (C=O) groups is 2. The summed E-state index contributed by atoms with van der Waals surface area (Å²) in [6.07, 6.45) is 0.915. The maximum Gasteiger partial charge on any atom is 0.305 e. The van der Waals surface area contributed by atoms with Crippen LogP contribution in [0, 0.1) is 43.4 Å². The molecule has 5 nitrogen and oxygen atoms in total. The van der Waals surface area contributed by atoms with E-state index in [2.05, 4.69) is 30.1 Å². The first-order valence-corrected chi connectivity index (χ1v) is 13.5. The Labute approximate surface area is 205 Å². The molecule has 7 heteroatoms. The van der Waals surface area contributed by atoms with Crippen molar-refractivity contribution in [2.24, 2.45) is 29.6 Å². The fraction of sp³-hybridized carbons (Fsp3) is 0.370. The Kier molecular flexibility index (Phi) is 4.38. The van der Waals surface area contributed by atoms with E-state index in [0.717, 1.165) is 21.9 Å². The van der Waals surface area contributed by atoms with E-state index in [1.165, 1.54) is 27.4 Å². The van der Waals surface area contributed by atoms with Crippen LogP contribution in [0.15, 0.2) is 58.4 Å². The van der Waals surface area contributed by atoms with Crippen LogP contribution in [0.1, 0.15) is 33.9 Å². The van der Waals surface area contributed by atoms with Crippen molar-refractivity contribution < 1.29 is 9.59 Å². The van der Waals surface area contributed by atoms with Gasteiger partial charge in [-0.05, 0) is 61.3 Å². The lowest BCUT2D eigenvalue weighted by Crippen LogP contribution is -2.42. The summed E-state index contributed by atoms with van der Waals surface area (Å²) in [5.41, 5.74) is 4.24. The predicted molar refractivity (Wildman–Crippen MR) is 133 cm³/mol. The van der Waals surface area contributed by atoms with Gasteiger partial charge in [0.05, 0.1) is 22.5 Å². The summed E-state index contributed by atoms with van der Waals surface area (Å²) in [6.45, 7) is 4.13. The third kappa shape index (κ3) is 2.65. The van der Waals surface area contributed by atoms with Gasteiger partial charge in [-0.15, -0.1) is 11.8 Å². The predicted octanol–water partition coefficient (Wildman–Crippen LogP) is 4.73. The second-order valence-electron chi connectivity index (χ2n) is 10.2. The van der Waals surface area contributed by atoms with Crippen LogP contribution in [-0.2, 0) is 9.59 Å². The SMILES string of the molecule is Cc1ccc(N2C(=O)[C@H]3[C@H]4C[C@@H]([C@@H]3C2=O)[C@@H]2[C@@H](c3ccccc3C)c3sc(=O)[nH]c3S[C@H]42)cc1. The van der Waals surface area contributed by atoms with Gasteiger partial charge >= 0.3 is 4.87 Å². The van der Waals surface area contributed by atoms with Gasteiger partial charge in [0.2, 0.25) is 11.8 Å². The lowest BCUT2D eigenvalue weighted by atomic mass is 9.67. The molecule has 1 saturated heterocycles. The van der Waals surface area contributed by atoms with Crippen LogP contribution in [-0.4, -0.2) is 22.0 Å². The van der Waals surface area contributed by atoms with Crippen LogP contribution in [0.3, 0.4) is 0 Å². The standard InChI is InChI=1S/C27H24N2O3S2/c1-12-7-9-14(10-8-12)29-25(30)20-16-11-17(21(20)26(29)31)22-19(16)18(15-6-4-3-5-13(15)2)23-24(33-22)28-27(32)34-23/h3-10,16-22H,11H2,1-2H3,(H,28,32)/t16-,17-,18-,19-,20+,21+,22-/m1/s1. The molecule has 1 N–H and O–H groups in total. The molecule has 1 aromatic heterocycles. The van der Waals surface area contributed by atoms with Crippen molar-refractivity contribution in [3.63, 3.8) is 0 Å². The average Bonchev–Trinajstić information content (AvgIpc) is 3.54. The first-order valence-electron chi connectivity index (χ1n) is 11.8. The lowest BCUT2D eigenvalue weighted by Gasteiger charge is -2.43. The normalized spacial score (nSPS) is 33.2. The molecule has 3 heterocycles. The summed E-state index contributed by atoms with van der Waals surface area (Å²) in [4.78, 5) is 45.4. The second kappa shape index (κ2) is 7.18. The summed E-state index contributed by atoms with van der Waals surface area (Å²) in [7, 11) is 0. The van der Waals surface area contributed by atoms with Crippen molar-refractivity contribution in [3.8, 4) is 0 Å². The Morgan fingerprint density at radius 3 is 2.35 bits per heavy atom. The molecule has 7 rings (SSSR count). The highest BCUT2D eigenvalue weighted by Gasteiger charge is 2.69. The van der Waals surface area contributed by atoms with Crippen LogP contribution in [0.4, 0.5) is 5.69 Å². The van der Waals surface area contributed by atoms with E-state index < -0.39 is 0 Å². The summed E-state index contributed by atoms with van der Waals surface area (Å²) in [5.74, 6) is 0.0363. The van der Waals surface area contributed by atoms with Gasteiger partial charge < -0.3 is 4.98 Å². The van der Waals surface area contributed by atoms with Crippen LogP contribution in [0.2, 0.25) is 0 Å². The van der Waals surface area contributed by atoms with Gasteiger partial charge in [-0.1, -0.05) is 53.3 Å². The molecule has 3 aromatic rings. The average molecular weight is 489 g/mol. The van der Waals surface area contributed by atoms with Gasteiger partial charge in [-0.3, -0.25) is 19.3 Å². The van der Waals surface area contributed by atoms with Crippen molar-refractivity contribution in [2.75, 3.05) is 4.90 Å². The fourth-order valence-electron chi connectivity index (χ4n) is 7.25. The number of nitrogens with one attached hydrogen (secondary N) is 1. The van der Waals surface area contributed by atoms with E-state index in [1.807, 2.05) is 37.3 Å². The molecule has 3 fully saturated rings.